The van der Waals surface area contributed by atoms with E-state index >= 15 is 0 Å². The zero-order valence-corrected chi connectivity index (χ0v) is 12.8. The number of nitrogens with one attached hydrogen (secondary N) is 1. The highest BCUT2D eigenvalue weighted by Crippen LogP contribution is 2.30. The maximum absolute atomic E-state index is 11.5. The topological polar surface area (TPSA) is 58.6 Å². The average molecular weight is 290 g/mol. The summed E-state index contributed by atoms with van der Waals surface area (Å²) in [6.45, 7) is 3.09. The van der Waals surface area contributed by atoms with Crippen molar-refractivity contribution < 1.29 is 13.2 Å². The molecule has 1 aliphatic carbocycles. The van der Waals surface area contributed by atoms with Gasteiger partial charge in [0.05, 0.1) is 19.0 Å². The summed E-state index contributed by atoms with van der Waals surface area (Å²) in [5.41, 5.74) is 0. The molecular formula is C13H26N2O3S. The lowest BCUT2D eigenvalue weighted by molar-refractivity contribution is -0.0491. The van der Waals surface area contributed by atoms with E-state index in [0.717, 1.165) is 38.1 Å². The summed E-state index contributed by atoms with van der Waals surface area (Å²) in [5, 5.41) is 3.19. The van der Waals surface area contributed by atoms with Gasteiger partial charge in [-0.15, -0.1) is 0 Å². The van der Waals surface area contributed by atoms with E-state index in [4.69, 9.17) is 4.74 Å². The predicted octanol–water partition coefficient (Wildman–Crippen LogP) is 0.673. The second kappa shape index (κ2) is 6.52. The third-order valence-corrected chi connectivity index (χ3v) is 5.47. The number of rotatable bonds is 6. The molecule has 112 valence electrons. The largest absolute Gasteiger partial charge is 0.378 e. The molecule has 19 heavy (non-hydrogen) atoms. The van der Waals surface area contributed by atoms with Gasteiger partial charge in [-0.25, -0.2) is 12.7 Å². The van der Waals surface area contributed by atoms with Crippen molar-refractivity contribution in [2.45, 2.75) is 31.8 Å². The molecule has 1 N–H and O–H groups in total. The molecule has 0 aromatic rings. The number of hydrogen-bond acceptors (Lipinski definition) is 4. The summed E-state index contributed by atoms with van der Waals surface area (Å²) < 4.78 is 30.6. The molecule has 1 unspecified atom stereocenters. The van der Waals surface area contributed by atoms with Crippen LogP contribution in [0.1, 0.15) is 25.7 Å². The van der Waals surface area contributed by atoms with Gasteiger partial charge in [-0.2, -0.15) is 0 Å². The van der Waals surface area contributed by atoms with E-state index in [0.29, 0.717) is 31.7 Å². The van der Waals surface area contributed by atoms with Crippen LogP contribution in [0.2, 0.25) is 0 Å². The molecule has 2 fully saturated rings. The van der Waals surface area contributed by atoms with Gasteiger partial charge in [-0.1, -0.05) is 0 Å². The first kappa shape index (κ1) is 15.2. The minimum atomic E-state index is -3.04. The second-order valence-electron chi connectivity index (χ2n) is 5.98. The van der Waals surface area contributed by atoms with Gasteiger partial charge >= 0.3 is 0 Å². The van der Waals surface area contributed by atoms with Gasteiger partial charge < -0.3 is 10.1 Å². The molecule has 6 heteroatoms. The molecule has 5 nitrogen and oxygen atoms in total. The molecule has 1 saturated carbocycles. The molecule has 2 rings (SSSR count). The fraction of sp³-hybridized carbons (Fsp3) is 1.00. The highest BCUT2D eigenvalue weighted by atomic mass is 32.2. The van der Waals surface area contributed by atoms with Crippen LogP contribution in [0.25, 0.3) is 0 Å². The molecule has 0 radical (unpaired) electrons. The van der Waals surface area contributed by atoms with Gasteiger partial charge in [0.2, 0.25) is 10.0 Å². The molecule has 0 bridgehead atoms. The smallest absolute Gasteiger partial charge is 0.211 e. The molecule has 0 aromatic carbocycles. The van der Waals surface area contributed by atoms with E-state index < -0.39 is 10.0 Å². The van der Waals surface area contributed by atoms with Crippen LogP contribution >= 0.6 is 0 Å². The first-order chi connectivity index (χ1) is 8.99. The predicted molar refractivity (Wildman–Crippen MR) is 75.5 cm³/mol. The molecule has 0 spiro atoms. The van der Waals surface area contributed by atoms with Crippen molar-refractivity contribution in [3.8, 4) is 0 Å². The Labute approximate surface area is 116 Å². The van der Waals surface area contributed by atoms with Crippen molar-refractivity contribution in [2.75, 3.05) is 39.5 Å². The summed E-state index contributed by atoms with van der Waals surface area (Å²) in [6, 6.07) is 0. The van der Waals surface area contributed by atoms with Crippen molar-refractivity contribution in [2.24, 2.45) is 11.8 Å². The summed E-state index contributed by atoms with van der Waals surface area (Å²) >= 11 is 0. The summed E-state index contributed by atoms with van der Waals surface area (Å²) in [7, 11) is -1.05. The van der Waals surface area contributed by atoms with Gasteiger partial charge in [0, 0.05) is 13.1 Å². The van der Waals surface area contributed by atoms with Crippen LogP contribution < -0.4 is 5.32 Å². The van der Waals surface area contributed by atoms with Crippen molar-refractivity contribution in [1.82, 2.24) is 9.62 Å². The van der Waals surface area contributed by atoms with E-state index in [9.17, 15) is 8.42 Å². The summed E-state index contributed by atoms with van der Waals surface area (Å²) in [4.78, 5) is 0. The van der Waals surface area contributed by atoms with Crippen molar-refractivity contribution in [3.63, 3.8) is 0 Å². The van der Waals surface area contributed by atoms with Crippen molar-refractivity contribution in [3.05, 3.63) is 0 Å². The van der Waals surface area contributed by atoms with Crippen LogP contribution in [-0.4, -0.2) is 58.4 Å². The first-order valence-corrected chi connectivity index (χ1v) is 9.05. The Morgan fingerprint density at radius 1 is 1.32 bits per heavy atom. The highest BCUT2D eigenvalue weighted by Gasteiger charge is 2.31. The van der Waals surface area contributed by atoms with E-state index in [1.54, 1.807) is 4.31 Å². The lowest BCUT2D eigenvalue weighted by Gasteiger charge is -2.37. The Balaban J connectivity index is 1.67. The van der Waals surface area contributed by atoms with Gasteiger partial charge in [-0.05, 0) is 51.1 Å². The van der Waals surface area contributed by atoms with Gasteiger partial charge in [-0.3, -0.25) is 0 Å². The first-order valence-electron chi connectivity index (χ1n) is 7.20. The SMILES string of the molecule is CNCC1CC(OCC2CCCN(S(C)(=O)=O)C2)C1. The molecular weight excluding hydrogens is 264 g/mol. The molecule has 1 atom stereocenters. The Hall–Kier alpha value is -0.170. The number of nitrogens with zero attached hydrogens (tertiary/aromatic N) is 1. The Kier molecular flexibility index (Phi) is 5.22. The Bertz CT molecular complexity index is 379. The summed E-state index contributed by atoms with van der Waals surface area (Å²) in [5.74, 6) is 1.13. The lowest BCUT2D eigenvalue weighted by Crippen LogP contribution is -2.42. The Morgan fingerprint density at radius 3 is 2.68 bits per heavy atom. The molecule has 1 saturated heterocycles. The summed E-state index contributed by atoms with van der Waals surface area (Å²) in [6.07, 6.45) is 6.01. The zero-order chi connectivity index (χ0) is 13.9. The standard InChI is InChI=1S/C13H26N2O3S/c1-14-8-12-6-13(7-12)18-10-11-4-3-5-15(9-11)19(2,16)17/h11-14H,3-10H2,1-2H3. The second-order valence-corrected chi connectivity index (χ2v) is 7.96. The van der Waals surface area contributed by atoms with Crippen LogP contribution in [0.15, 0.2) is 0 Å². The zero-order valence-electron chi connectivity index (χ0n) is 12.0. The van der Waals surface area contributed by atoms with Crippen LogP contribution in [0.5, 0.6) is 0 Å². The van der Waals surface area contributed by atoms with E-state index in [2.05, 4.69) is 5.32 Å². The highest BCUT2D eigenvalue weighted by molar-refractivity contribution is 7.88. The van der Waals surface area contributed by atoms with Crippen LogP contribution in [0.3, 0.4) is 0 Å². The fourth-order valence-corrected chi connectivity index (χ4v) is 3.94. The maximum atomic E-state index is 11.5. The van der Waals surface area contributed by atoms with Gasteiger partial charge in [0.25, 0.3) is 0 Å². The fourth-order valence-electron chi connectivity index (χ4n) is 3.00. The van der Waals surface area contributed by atoms with Gasteiger partial charge in [0.15, 0.2) is 0 Å². The number of sulfonamides is 1. The normalized spacial score (nSPS) is 33.1. The van der Waals surface area contributed by atoms with E-state index in [-0.39, 0.29) is 0 Å². The third kappa shape index (κ3) is 4.41. The van der Waals surface area contributed by atoms with Crippen molar-refractivity contribution in [1.29, 1.82) is 0 Å². The van der Waals surface area contributed by atoms with Crippen LogP contribution in [0.4, 0.5) is 0 Å². The monoisotopic (exact) mass is 290 g/mol. The Morgan fingerprint density at radius 2 is 2.05 bits per heavy atom. The van der Waals surface area contributed by atoms with E-state index in [1.807, 2.05) is 7.05 Å². The molecule has 1 aliphatic heterocycles. The maximum Gasteiger partial charge on any atom is 0.211 e. The number of piperidine rings is 1. The molecule has 0 amide bonds. The lowest BCUT2D eigenvalue weighted by atomic mass is 9.82. The molecule has 2 aliphatic rings. The number of ether oxygens (including phenoxy) is 1. The van der Waals surface area contributed by atoms with Crippen LogP contribution in [0, 0.1) is 11.8 Å². The molecule has 0 aromatic heterocycles. The quantitative estimate of drug-likeness (QED) is 0.781. The van der Waals surface area contributed by atoms with Crippen molar-refractivity contribution >= 4 is 10.0 Å². The molecule has 1 heterocycles. The number of hydrogen-bond donors (Lipinski definition) is 1. The van der Waals surface area contributed by atoms with Crippen LogP contribution in [-0.2, 0) is 14.8 Å². The van der Waals surface area contributed by atoms with E-state index in [1.165, 1.54) is 6.26 Å². The van der Waals surface area contributed by atoms with Gasteiger partial charge in [0.1, 0.15) is 0 Å². The minimum absolute atomic E-state index is 0.367. The third-order valence-electron chi connectivity index (χ3n) is 4.20. The minimum Gasteiger partial charge on any atom is -0.378 e. The average Bonchev–Trinajstić information content (AvgIpc) is 2.31.